The smallest absolute Gasteiger partial charge is 0.325 e. The van der Waals surface area contributed by atoms with Gasteiger partial charge in [-0.05, 0) is 25.8 Å². The second-order valence-electron chi connectivity index (χ2n) is 4.46. The highest BCUT2D eigenvalue weighted by molar-refractivity contribution is 5.95. The number of nitrogens with zero attached hydrogens (tertiary/aromatic N) is 2. The molecule has 1 amide bonds. The van der Waals surface area contributed by atoms with E-state index in [0.717, 1.165) is 5.69 Å². The van der Waals surface area contributed by atoms with E-state index in [-0.39, 0.29) is 5.92 Å². The zero-order valence-corrected chi connectivity index (χ0v) is 11.1. The lowest BCUT2D eigenvalue weighted by Gasteiger charge is -2.09. The summed E-state index contributed by atoms with van der Waals surface area (Å²) in [5.74, 6) is -1.25. The van der Waals surface area contributed by atoms with Crippen LogP contribution in [0.3, 0.4) is 0 Å². The molecule has 0 unspecified atom stereocenters. The molecule has 1 aromatic rings. The molecule has 1 heterocycles. The largest absolute Gasteiger partial charge is 0.480 e. The summed E-state index contributed by atoms with van der Waals surface area (Å²) in [4.78, 5) is 22.6. The van der Waals surface area contributed by atoms with Crippen LogP contribution in [-0.2, 0) is 11.3 Å². The van der Waals surface area contributed by atoms with Crippen LogP contribution in [0.25, 0.3) is 0 Å². The molecule has 0 spiro atoms. The van der Waals surface area contributed by atoms with Crippen LogP contribution in [-0.4, -0.2) is 32.8 Å². The summed E-state index contributed by atoms with van der Waals surface area (Å²) in [5, 5.41) is 15.5. The van der Waals surface area contributed by atoms with E-state index in [2.05, 4.69) is 10.4 Å². The highest BCUT2D eigenvalue weighted by atomic mass is 16.4. The van der Waals surface area contributed by atoms with E-state index in [4.69, 9.17) is 5.11 Å². The van der Waals surface area contributed by atoms with Crippen molar-refractivity contribution in [1.29, 1.82) is 0 Å². The second-order valence-corrected chi connectivity index (χ2v) is 4.46. The molecule has 0 saturated heterocycles. The first-order valence-corrected chi connectivity index (χ1v) is 5.98. The van der Waals surface area contributed by atoms with Crippen molar-refractivity contribution in [2.24, 2.45) is 0 Å². The molecular weight excluding hydrogens is 234 g/mol. The molecule has 2 N–H and O–H groups in total. The Balaban J connectivity index is 2.94. The summed E-state index contributed by atoms with van der Waals surface area (Å²) in [6.07, 6.45) is 0. The molecule has 0 aliphatic rings. The molecule has 0 aromatic carbocycles. The van der Waals surface area contributed by atoms with Crippen molar-refractivity contribution in [3.63, 3.8) is 0 Å². The van der Waals surface area contributed by atoms with Crippen molar-refractivity contribution >= 4 is 11.9 Å². The number of aryl methyl sites for hydroxylation is 1. The van der Waals surface area contributed by atoms with Crippen molar-refractivity contribution < 1.29 is 14.7 Å². The summed E-state index contributed by atoms with van der Waals surface area (Å²) in [5.41, 5.74) is 1.22. The molecule has 1 aromatic heterocycles. The lowest BCUT2D eigenvalue weighted by Crippen LogP contribution is -2.39. The summed E-state index contributed by atoms with van der Waals surface area (Å²) in [7, 11) is 0. The SMILES string of the molecule is CCn1nc(C(C)C)cc1C(=O)N[C@@H](C)C(=O)O. The number of hydrogen-bond acceptors (Lipinski definition) is 3. The number of nitrogens with one attached hydrogen (secondary N) is 1. The monoisotopic (exact) mass is 253 g/mol. The summed E-state index contributed by atoms with van der Waals surface area (Å²) in [6, 6.07) is 0.790. The van der Waals surface area contributed by atoms with Crippen LogP contribution in [0, 0.1) is 0 Å². The highest BCUT2D eigenvalue weighted by Gasteiger charge is 2.20. The average molecular weight is 253 g/mol. The summed E-state index contributed by atoms with van der Waals surface area (Å²) in [6.45, 7) is 7.86. The number of hydrogen-bond donors (Lipinski definition) is 2. The predicted molar refractivity (Wildman–Crippen MR) is 66.6 cm³/mol. The van der Waals surface area contributed by atoms with E-state index in [1.807, 2.05) is 20.8 Å². The number of aliphatic carboxylic acids is 1. The first-order chi connectivity index (χ1) is 8.36. The first-order valence-electron chi connectivity index (χ1n) is 5.98. The minimum atomic E-state index is -1.06. The molecule has 6 nitrogen and oxygen atoms in total. The molecule has 0 aliphatic carbocycles. The maximum Gasteiger partial charge on any atom is 0.325 e. The Labute approximate surface area is 106 Å². The number of carbonyl (C=O) groups is 2. The van der Waals surface area contributed by atoms with Gasteiger partial charge in [0.1, 0.15) is 11.7 Å². The van der Waals surface area contributed by atoms with Gasteiger partial charge in [-0.2, -0.15) is 5.10 Å². The van der Waals surface area contributed by atoms with Crippen molar-refractivity contribution in [2.75, 3.05) is 0 Å². The van der Waals surface area contributed by atoms with Crippen molar-refractivity contribution in [3.8, 4) is 0 Å². The fourth-order valence-electron chi connectivity index (χ4n) is 1.47. The Morgan fingerprint density at radius 3 is 2.50 bits per heavy atom. The second kappa shape index (κ2) is 5.66. The number of carbonyl (C=O) groups excluding carboxylic acids is 1. The van der Waals surface area contributed by atoms with Gasteiger partial charge in [0, 0.05) is 6.54 Å². The van der Waals surface area contributed by atoms with Gasteiger partial charge in [-0.1, -0.05) is 13.8 Å². The number of carboxylic acid groups (broad SMARTS) is 1. The van der Waals surface area contributed by atoms with E-state index in [0.29, 0.717) is 12.2 Å². The minimum absolute atomic E-state index is 0.223. The zero-order chi connectivity index (χ0) is 13.9. The van der Waals surface area contributed by atoms with Crippen LogP contribution in [0.15, 0.2) is 6.07 Å². The first kappa shape index (κ1) is 14.2. The van der Waals surface area contributed by atoms with Gasteiger partial charge in [0.2, 0.25) is 0 Å². The van der Waals surface area contributed by atoms with Crippen LogP contribution in [0.2, 0.25) is 0 Å². The standard InChI is InChI=1S/C12H19N3O3/c1-5-15-10(6-9(14-15)7(2)3)11(16)13-8(4)12(17)18/h6-8H,5H2,1-4H3,(H,13,16)(H,17,18)/t8-/m0/s1. The van der Waals surface area contributed by atoms with Crippen LogP contribution >= 0.6 is 0 Å². The number of aromatic nitrogens is 2. The van der Waals surface area contributed by atoms with Crippen molar-refractivity contribution in [3.05, 3.63) is 17.5 Å². The molecule has 100 valence electrons. The normalized spacial score (nSPS) is 12.5. The van der Waals surface area contributed by atoms with Gasteiger partial charge in [-0.3, -0.25) is 14.3 Å². The van der Waals surface area contributed by atoms with Crippen molar-refractivity contribution in [1.82, 2.24) is 15.1 Å². The van der Waals surface area contributed by atoms with E-state index < -0.39 is 17.9 Å². The van der Waals surface area contributed by atoms with Crippen LogP contribution in [0.5, 0.6) is 0 Å². The van der Waals surface area contributed by atoms with Crippen LogP contribution in [0.4, 0.5) is 0 Å². The third-order valence-electron chi connectivity index (χ3n) is 2.64. The summed E-state index contributed by atoms with van der Waals surface area (Å²) >= 11 is 0. The highest BCUT2D eigenvalue weighted by Crippen LogP contribution is 2.14. The third kappa shape index (κ3) is 3.09. The van der Waals surface area contributed by atoms with Gasteiger partial charge in [0.15, 0.2) is 0 Å². The quantitative estimate of drug-likeness (QED) is 0.826. The molecule has 1 atom stereocenters. The molecular formula is C12H19N3O3. The van der Waals surface area contributed by atoms with E-state index in [9.17, 15) is 9.59 Å². The maximum absolute atomic E-state index is 11.9. The minimum Gasteiger partial charge on any atom is -0.480 e. The van der Waals surface area contributed by atoms with Crippen LogP contribution in [0.1, 0.15) is 49.8 Å². The van der Waals surface area contributed by atoms with E-state index in [1.54, 1.807) is 10.7 Å². The van der Waals surface area contributed by atoms with E-state index in [1.165, 1.54) is 6.92 Å². The van der Waals surface area contributed by atoms with Gasteiger partial charge in [0.05, 0.1) is 5.69 Å². The molecule has 1 rings (SSSR count). The Bertz CT molecular complexity index is 451. The fourth-order valence-corrected chi connectivity index (χ4v) is 1.47. The average Bonchev–Trinajstić information content (AvgIpc) is 2.72. The van der Waals surface area contributed by atoms with Gasteiger partial charge in [-0.15, -0.1) is 0 Å². The van der Waals surface area contributed by atoms with Crippen LogP contribution < -0.4 is 5.32 Å². The molecule has 6 heteroatoms. The lowest BCUT2D eigenvalue weighted by molar-refractivity contribution is -0.138. The maximum atomic E-state index is 11.9. The Morgan fingerprint density at radius 2 is 2.06 bits per heavy atom. The predicted octanol–water partition coefficient (Wildman–Crippen LogP) is 1.23. The Hall–Kier alpha value is -1.85. The summed E-state index contributed by atoms with van der Waals surface area (Å²) < 4.78 is 1.58. The molecule has 0 saturated carbocycles. The van der Waals surface area contributed by atoms with Crippen molar-refractivity contribution in [2.45, 2.75) is 46.2 Å². The molecule has 18 heavy (non-hydrogen) atoms. The van der Waals surface area contributed by atoms with Gasteiger partial charge >= 0.3 is 5.97 Å². The molecule has 0 bridgehead atoms. The Morgan fingerprint density at radius 1 is 1.44 bits per heavy atom. The Kier molecular flexibility index (Phi) is 4.47. The third-order valence-corrected chi connectivity index (χ3v) is 2.64. The number of rotatable bonds is 5. The fraction of sp³-hybridized carbons (Fsp3) is 0.583. The van der Waals surface area contributed by atoms with Gasteiger partial charge in [-0.25, -0.2) is 0 Å². The molecule has 0 radical (unpaired) electrons. The lowest BCUT2D eigenvalue weighted by atomic mass is 10.1. The van der Waals surface area contributed by atoms with Gasteiger partial charge < -0.3 is 10.4 Å². The number of carboxylic acids is 1. The molecule has 0 fully saturated rings. The van der Waals surface area contributed by atoms with Gasteiger partial charge in [0.25, 0.3) is 5.91 Å². The zero-order valence-electron chi connectivity index (χ0n) is 11.1. The molecule has 0 aliphatic heterocycles. The topological polar surface area (TPSA) is 84.2 Å². The number of amides is 1. The van der Waals surface area contributed by atoms with E-state index >= 15 is 0 Å².